The summed E-state index contributed by atoms with van der Waals surface area (Å²) in [7, 11) is 0. The smallest absolute Gasteiger partial charge is 0.110 e. The molecule has 0 radical (unpaired) electrons. The summed E-state index contributed by atoms with van der Waals surface area (Å²) in [6.07, 6.45) is 1.73. The predicted molar refractivity (Wildman–Crippen MR) is 62.1 cm³/mol. The Morgan fingerprint density at radius 2 is 1.87 bits per heavy atom. The molecular formula is C14H16O. The van der Waals surface area contributed by atoms with Crippen molar-refractivity contribution in [1.82, 2.24) is 0 Å². The Balaban J connectivity index is 2.42. The van der Waals surface area contributed by atoms with Gasteiger partial charge in [-0.1, -0.05) is 25.1 Å². The highest BCUT2D eigenvalue weighted by atomic mass is 16.3. The lowest BCUT2D eigenvalue weighted by Gasteiger charge is -2.13. The minimum absolute atomic E-state index is 0.333. The molecule has 0 fully saturated rings. The number of aryl methyl sites for hydroxylation is 1. The minimum Gasteiger partial charge on any atom is -0.469 e. The zero-order chi connectivity index (χ0) is 10.8. The zero-order valence-corrected chi connectivity index (χ0v) is 9.45. The van der Waals surface area contributed by atoms with Gasteiger partial charge in [-0.05, 0) is 42.7 Å². The lowest BCUT2D eigenvalue weighted by atomic mass is 9.92. The first-order valence-electron chi connectivity index (χ1n) is 5.29. The summed E-state index contributed by atoms with van der Waals surface area (Å²) in [6.45, 7) is 6.50. The summed E-state index contributed by atoms with van der Waals surface area (Å²) in [5, 5.41) is 0. The van der Waals surface area contributed by atoms with E-state index in [0.717, 1.165) is 5.76 Å². The van der Waals surface area contributed by atoms with Crippen LogP contribution in [-0.4, -0.2) is 0 Å². The van der Waals surface area contributed by atoms with Gasteiger partial charge in [0.1, 0.15) is 5.76 Å². The SMILES string of the molecule is Cc1cccc(C(C)c2ccco2)c1C. The van der Waals surface area contributed by atoms with Gasteiger partial charge in [-0.2, -0.15) is 0 Å². The third kappa shape index (κ3) is 1.82. The first-order valence-corrected chi connectivity index (χ1v) is 5.29. The summed E-state index contributed by atoms with van der Waals surface area (Å²) in [4.78, 5) is 0. The molecule has 0 aliphatic carbocycles. The molecule has 0 saturated heterocycles. The first kappa shape index (κ1) is 10.0. The van der Waals surface area contributed by atoms with Crippen LogP contribution >= 0.6 is 0 Å². The number of furan rings is 1. The molecule has 0 N–H and O–H groups in total. The first-order chi connectivity index (χ1) is 7.20. The number of benzene rings is 1. The second-order valence-corrected chi connectivity index (χ2v) is 4.03. The van der Waals surface area contributed by atoms with Gasteiger partial charge in [-0.15, -0.1) is 0 Å². The highest BCUT2D eigenvalue weighted by molar-refractivity contribution is 5.38. The van der Waals surface area contributed by atoms with Crippen molar-refractivity contribution in [1.29, 1.82) is 0 Å². The maximum Gasteiger partial charge on any atom is 0.110 e. The third-order valence-corrected chi connectivity index (χ3v) is 3.08. The van der Waals surface area contributed by atoms with E-state index in [1.807, 2.05) is 12.1 Å². The highest BCUT2D eigenvalue weighted by Gasteiger charge is 2.13. The van der Waals surface area contributed by atoms with E-state index in [1.54, 1.807) is 6.26 Å². The van der Waals surface area contributed by atoms with E-state index in [2.05, 4.69) is 39.0 Å². The van der Waals surface area contributed by atoms with Gasteiger partial charge in [-0.25, -0.2) is 0 Å². The Labute approximate surface area is 90.7 Å². The van der Waals surface area contributed by atoms with E-state index in [0.29, 0.717) is 5.92 Å². The van der Waals surface area contributed by atoms with Gasteiger partial charge in [0.15, 0.2) is 0 Å². The van der Waals surface area contributed by atoms with Crippen LogP contribution < -0.4 is 0 Å². The molecule has 0 aliphatic heterocycles. The van der Waals surface area contributed by atoms with E-state index in [1.165, 1.54) is 16.7 Å². The van der Waals surface area contributed by atoms with Crippen molar-refractivity contribution < 1.29 is 4.42 Å². The second-order valence-electron chi connectivity index (χ2n) is 4.03. The summed E-state index contributed by atoms with van der Waals surface area (Å²) >= 11 is 0. The van der Waals surface area contributed by atoms with Crippen LogP contribution in [0.2, 0.25) is 0 Å². The average Bonchev–Trinajstić information content (AvgIpc) is 2.74. The molecule has 0 spiro atoms. The molecule has 78 valence electrons. The van der Waals surface area contributed by atoms with Gasteiger partial charge in [0, 0.05) is 5.92 Å². The fraction of sp³-hybridized carbons (Fsp3) is 0.286. The van der Waals surface area contributed by atoms with E-state index >= 15 is 0 Å². The third-order valence-electron chi connectivity index (χ3n) is 3.08. The molecule has 1 heterocycles. The number of hydrogen-bond donors (Lipinski definition) is 0. The van der Waals surface area contributed by atoms with Crippen LogP contribution in [-0.2, 0) is 0 Å². The molecule has 1 nitrogen and oxygen atoms in total. The van der Waals surface area contributed by atoms with Crippen molar-refractivity contribution in [3.8, 4) is 0 Å². The summed E-state index contributed by atoms with van der Waals surface area (Å²) in [5.41, 5.74) is 4.05. The van der Waals surface area contributed by atoms with Crippen LogP contribution in [0, 0.1) is 13.8 Å². The Kier molecular flexibility index (Phi) is 2.63. The standard InChI is InChI=1S/C14H16O/c1-10-6-4-7-13(11(10)2)12(3)14-8-5-9-15-14/h4-9,12H,1-3H3. The molecule has 1 aromatic heterocycles. The molecule has 0 saturated carbocycles. The lowest BCUT2D eigenvalue weighted by molar-refractivity contribution is 0.495. The van der Waals surface area contributed by atoms with Crippen molar-refractivity contribution in [3.05, 3.63) is 59.0 Å². The van der Waals surface area contributed by atoms with Gasteiger partial charge in [-0.3, -0.25) is 0 Å². The fourth-order valence-electron chi connectivity index (χ4n) is 1.93. The Morgan fingerprint density at radius 3 is 2.53 bits per heavy atom. The van der Waals surface area contributed by atoms with Crippen LogP contribution in [0.1, 0.15) is 35.3 Å². The van der Waals surface area contributed by atoms with Gasteiger partial charge in [0.2, 0.25) is 0 Å². The van der Waals surface area contributed by atoms with E-state index < -0.39 is 0 Å². The van der Waals surface area contributed by atoms with Gasteiger partial charge >= 0.3 is 0 Å². The maximum absolute atomic E-state index is 5.44. The van der Waals surface area contributed by atoms with Crippen molar-refractivity contribution in [2.75, 3.05) is 0 Å². The molecule has 1 heteroatoms. The Morgan fingerprint density at radius 1 is 1.07 bits per heavy atom. The second kappa shape index (κ2) is 3.93. The Hall–Kier alpha value is -1.50. The van der Waals surface area contributed by atoms with Gasteiger partial charge in [0.25, 0.3) is 0 Å². The largest absolute Gasteiger partial charge is 0.469 e. The van der Waals surface area contributed by atoms with Crippen LogP contribution in [0.25, 0.3) is 0 Å². The van der Waals surface area contributed by atoms with Crippen molar-refractivity contribution in [2.24, 2.45) is 0 Å². The normalized spacial score (nSPS) is 12.7. The van der Waals surface area contributed by atoms with Crippen LogP contribution in [0.4, 0.5) is 0 Å². The van der Waals surface area contributed by atoms with Crippen LogP contribution in [0.15, 0.2) is 41.0 Å². The van der Waals surface area contributed by atoms with Crippen molar-refractivity contribution in [2.45, 2.75) is 26.7 Å². The molecule has 2 aromatic rings. The quantitative estimate of drug-likeness (QED) is 0.712. The monoisotopic (exact) mass is 200 g/mol. The lowest BCUT2D eigenvalue weighted by Crippen LogP contribution is -1.98. The van der Waals surface area contributed by atoms with E-state index in [4.69, 9.17) is 4.42 Å². The van der Waals surface area contributed by atoms with Crippen LogP contribution in [0.5, 0.6) is 0 Å². The van der Waals surface area contributed by atoms with Crippen molar-refractivity contribution >= 4 is 0 Å². The maximum atomic E-state index is 5.44. The van der Waals surface area contributed by atoms with Crippen LogP contribution in [0.3, 0.4) is 0 Å². The highest BCUT2D eigenvalue weighted by Crippen LogP contribution is 2.28. The molecule has 1 atom stereocenters. The fourth-order valence-corrected chi connectivity index (χ4v) is 1.93. The predicted octanol–water partition coefficient (Wildman–Crippen LogP) is 4.05. The summed E-state index contributed by atoms with van der Waals surface area (Å²) in [5.74, 6) is 1.36. The topological polar surface area (TPSA) is 13.1 Å². The molecule has 1 aromatic carbocycles. The minimum atomic E-state index is 0.333. The number of hydrogen-bond acceptors (Lipinski definition) is 1. The molecule has 0 amide bonds. The molecule has 0 aliphatic rings. The van der Waals surface area contributed by atoms with E-state index in [-0.39, 0.29) is 0 Å². The van der Waals surface area contributed by atoms with Crippen molar-refractivity contribution in [3.63, 3.8) is 0 Å². The summed E-state index contributed by atoms with van der Waals surface area (Å²) in [6, 6.07) is 10.4. The van der Waals surface area contributed by atoms with Gasteiger partial charge < -0.3 is 4.42 Å². The Bertz CT molecular complexity index is 440. The average molecular weight is 200 g/mol. The molecule has 15 heavy (non-hydrogen) atoms. The molecule has 0 bridgehead atoms. The number of rotatable bonds is 2. The molecule has 1 unspecified atom stereocenters. The summed E-state index contributed by atoms with van der Waals surface area (Å²) < 4.78 is 5.44. The van der Waals surface area contributed by atoms with Gasteiger partial charge in [0.05, 0.1) is 6.26 Å². The molecule has 2 rings (SSSR count). The van der Waals surface area contributed by atoms with E-state index in [9.17, 15) is 0 Å². The zero-order valence-electron chi connectivity index (χ0n) is 9.45. The molecular weight excluding hydrogens is 184 g/mol.